The number of nitrogens with two attached hydrogens (primary N) is 1. The van der Waals surface area contributed by atoms with Gasteiger partial charge in [0.05, 0.1) is 0 Å². The average Bonchev–Trinajstić information content (AvgIpc) is 2.01. The molecule has 0 spiro atoms. The van der Waals surface area contributed by atoms with Crippen LogP contribution in [0.3, 0.4) is 0 Å². The Morgan fingerprint density at radius 2 is 2.45 bits per heavy atom. The molecule has 0 bridgehead atoms. The van der Waals surface area contributed by atoms with Crippen molar-refractivity contribution in [2.45, 2.75) is 6.92 Å². The van der Waals surface area contributed by atoms with Gasteiger partial charge in [0, 0.05) is 19.3 Å². The molecule has 0 saturated carbocycles. The molecule has 0 aromatic carbocycles. The van der Waals surface area contributed by atoms with Crippen LogP contribution in [0.2, 0.25) is 0 Å². The minimum Gasteiger partial charge on any atom is -0.369 e. The zero-order valence-corrected chi connectivity index (χ0v) is 6.54. The summed E-state index contributed by atoms with van der Waals surface area (Å²) in [7, 11) is 0. The predicted molar refractivity (Wildman–Crippen MR) is 44.3 cm³/mol. The number of aryl methyl sites for hydroxylation is 1. The summed E-state index contributed by atoms with van der Waals surface area (Å²) in [4.78, 5) is 8.10. The van der Waals surface area contributed by atoms with Crippen LogP contribution in [0.4, 0.5) is 5.82 Å². The molecule has 4 nitrogen and oxygen atoms in total. The lowest BCUT2D eigenvalue weighted by Gasteiger charge is -2.02. The van der Waals surface area contributed by atoms with E-state index < -0.39 is 0 Å². The van der Waals surface area contributed by atoms with E-state index in [1.165, 1.54) is 0 Å². The van der Waals surface area contributed by atoms with Gasteiger partial charge in [-0.05, 0) is 13.0 Å². The topological polar surface area (TPSA) is 63.8 Å². The van der Waals surface area contributed by atoms with Crippen LogP contribution in [-0.4, -0.2) is 23.1 Å². The van der Waals surface area contributed by atoms with Gasteiger partial charge < -0.3 is 11.1 Å². The van der Waals surface area contributed by atoms with E-state index in [0.29, 0.717) is 6.54 Å². The van der Waals surface area contributed by atoms with E-state index in [1.54, 1.807) is 6.20 Å². The van der Waals surface area contributed by atoms with Crippen LogP contribution in [-0.2, 0) is 0 Å². The maximum absolute atomic E-state index is 5.31. The monoisotopic (exact) mass is 152 g/mol. The van der Waals surface area contributed by atoms with Crippen molar-refractivity contribution in [2.75, 3.05) is 18.4 Å². The first kappa shape index (κ1) is 7.94. The molecule has 1 aromatic heterocycles. The van der Waals surface area contributed by atoms with E-state index in [0.717, 1.165) is 18.2 Å². The average molecular weight is 152 g/mol. The summed E-state index contributed by atoms with van der Waals surface area (Å²) in [5, 5.41) is 3.06. The molecule has 0 aliphatic carbocycles. The van der Waals surface area contributed by atoms with Crippen LogP contribution in [0.5, 0.6) is 0 Å². The van der Waals surface area contributed by atoms with Crippen LogP contribution in [0, 0.1) is 6.92 Å². The van der Waals surface area contributed by atoms with Crippen LogP contribution in [0.1, 0.15) is 5.82 Å². The first-order valence-electron chi connectivity index (χ1n) is 3.56. The lowest BCUT2D eigenvalue weighted by Crippen LogP contribution is -2.14. The molecule has 1 aromatic rings. The normalized spacial score (nSPS) is 9.64. The highest BCUT2D eigenvalue weighted by molar-refractivity contribution is 5.32. The van der Waals surface area contributed by atoms with E-state index in [2.05, 4.69) is 15.3 Å². The largest absolute Gasteiger partial charge is 0.369 e. The van der Waals surface area contributed by atoms with Crippen molar-refractivity contribution in [3.05, 3.63) is 18.1 Å². The van der Waals surface area contributed by atoms with Crippen molar-refractivity contribution in [3.63, 3.8) is 0 Å². The van der Waals surface area contributed by atoms with Gasteiger partial charge in [-0.1, -0.05) is 0 Å². The number of hydrogen-bond donors (Lipinski definition) is 2. The van der Waals surface area contributed by atoms with Crippen molar-refractivity contribution < 1.29 is 0 Å². The summed E-state index contributed by atoms with van der Waals surface area (Å²) in [6.45, 7) is 3.22. The van der Waals surface area contributed by atoms with Gasteiger partial charge in [0.1, 0.15) is 11.6 Å². The second-order valence-corrected chi connectivity index (χ2v) is 2.20. The summed E-state index contributed by atoms with van der Waals surface area (Å²) in [6.07, 6.45) is 1.72. The molecule has 4 heteroatoms. The number of hydrogen-bond acceptors (Lipinski definition) is 4. The second-order valence-electron chi connectivity index (χ2n) is 2.20. The van der Waals surface area contributed by atoms with Gasteiger partial charge in [-0.25, -0.2) is 9.97 Å². The molecule has 0 aliphatic heterocycles. The Bertz CT molecular complexity index is 223. The Balaban J connectivity index is 2.56. The standard InChI is InChI=1S/C7H12N4/c1-6-9-4-2-7(11-6)10-5-3-8/h2,4H,3,5,8H2,1H3,(H,9,10,11). The number of anilines is 1. The fraction of sp³-hybridized carbons (Fsp3) is 0.429. The summed E-state index contributed by atoms with van der Waals surface area (Å²) in [5.41, 5.74) is 5.31. The highest BCUT2D eigenvalue weighted by atomic mass is 15.0. The highest BCUT2D eigenvalue weighted by Crippen LogP contribution is 1.98. The van der Waals surface area contributed by atoms with Gasteiger partial charge in [-0.15, -0.1) is 0 Å². The highest BCUT2D eigenvalue weighted by Gasteiger charge is 1.91. The lowest BCUT2D eigenvalue weighted by molar-refractivity contribution is 0.985. The third-order valence-corrected chi connectivity index (χ3v) is 1.23. The molecule has 0 radical (unpaired) electrons. The molecule has 11 heavy (non-hydrogen) atoms. The zero-order valence-electron chi connectivity index (χ0n) is 6.54. The van der Waals surface area contributed by atoms with E-state index in [9.17, 15) is 0 Å². The Morgan fingerprint density at radius 3 is 3.09 bits per heavy atom. The molecule has 0 saturated heterocycles. The van der Waals surface area contributed by atoms with Crippen molar-refractivity contribution in [2.24, 2.45) is 5.73 Å². The third-order valence-electron chi connectivity index (χ3n) is 1.23. The molecule has 1 heterocycles. The van der Waals surface area contributed by atoms with Crippen LogP contribution in [0.15, 0.2) is 12.3 Å². The van der Waals surface area contributed by atoms with Crippen molar-refractivity contribution in [1.82, 2.24) is 9.97 Å². The summed E-state index contributed by atoms with van der Waals surface area (Å²) in [5.74, 6) is 1.61. The van der Waals surface area contributed by atoms with E-state index in [-0.39, 0.29) is 0 Å². The smallest absolute Gasteiger partial charge is 0.129 e. The quantitative estimate of drug-likeness (QED) is 0.647. The summed E-state index contributed by atoms with van der Waals surface area (Å²) in [6, 6.07) is 1.82. The molecule has 0 atom stereocenters. The maximum Gasteiger partial charge on any atom is 0.129 e. The fourth-order valence-electron chi connectivity index (χ4n) is 0.755. The molecular weight excluding hydrogens is 140 g/mol. The van der Waals surface area contributed by atoms with Gasteiger partial charge in [-0.2, -0.15) is 0 Å². The minimum absolute atomic E-state index is 0.614. The molecule has 0 aliphatic rings. The lowest BCUT2D eigenvalue weighted by atomic mass is 10.5. The predicted octanol–water partition coefficient (Wildman–Crippen LogP) is 0.156. The first-order chi connectivity index (χ1) is 5.33. The number of nitrogens with zero attached hydrogens (tertiary/aromatic N) is 2. The SMILES string of the molecule is Cc1nccc(NCCN)n1. The van der Waals surface area contributed by atoms with E-state index in [4.69, 9.17) is 5.73 Å². The van der Waals surface area contributed by atoms with Crippen LogP contribution >= 0.6 is 0 Å². The van der Waals surface area contributed by atoms with Crippen LogP contribution < -0.4 is 11.1 Å². The van der Waals surface area contributed by atoms with E-state index in [1.807, 2.05) is 13.0 Å². The second kappa shape index (κ2) is 3.88. The number of nitrogens with one attached hydrogen (secondary N) is 1. The third kappa shape index (κ3) is 2.51. The molecule has 1 rings (SSSR count). The Labute approximate surface area is 65.9 Å². The molecule has 3 N–H and O–H groups in total. The van der Waals surface area contributed by atoms with Gasteiger partial charge in [-0.3, -0.25) is 0 Å². The Kier molecular flexibility index (Phi) is 2.80. The van der Waals surface area contributed by atoms with Crippen molar-refractivity contribution in [3.8, 4) is 0 Å². The molecule has 0 unspecified atom stereocenters. The molecule has 0 fully saturated rings. The van der Waals surface area contributed by atoms with Gasteiger partial charge in [0.25, 0.3) is 0 Å². The van der Waals surface area contributed by atoms with E-state index >= 15 is 0 Å². The number of aromatic nitrogens is 2. The Morgan fingerprint density at radius 1 is 1.64 bits per heavy atom. The Hall–Kier alpha value is -1.16. The molecule has 0 amide bonds. The zero-order chi connectivity index (χ0) is 8.10. The first-order valence-corrected chi connectivity index (χ1v) is 3.56. The summed E-state index contributed by atoms with van der Waals surface area (Å²) >= 11 is 0. The van der Waals surface area contributed by atoms with Gasteiger partial charge in [0.2, 0.25) is 0 Å². The van der Waals surface area contributed by atoms with Crippen molar-refractivity contribution >= 4 is 5.82 Å². The van der Waals surface area contributed by atoms with Gasteiger partial charge in [0.15, 0.2) is 0 Å². The maximum atomic E-state index is 5.31. The number of rotatable bonds is 3. The molecule has 60 valence electrons. The minimum atomic E-state index is 0.614. The fourth-order valence-corrected chi connectivity index (χ4v) is 0.755. The molecular formula is C7H12N4. The summed E-state index contributed by atoms with van der Waals surface area (Å²) < 4.78 is 0. The van der Waals surface area contributed by atoms with Gasteiger partial charge >= 0.3 is 0 Å². The van der Waals surface area contributed by atoms with Crippen LogP contribution in [0.25, 0.3) is 0 Å². The van der Waals surface area contributed by atoms with Crippen molar-refractivity contribution in [1.29, 1.82) is 0 Å².